The van der Waals surface area contributed by atoms with Crippen molar-refractivity contribution in [1.82, 2.24) is 5.43 Å². The van der Waals surface area contributed by atoms with Crippen LogP contribution >= 0.6 is 0 Å². The average Bonchev–Trinajstić information content (AvgIpc) is 2.60. The van der Waals surface area contributed by atoms with Crippen LogP contribution in [-0.4, -0.2) is 29.5 Å². The molecule has 7 nitrogen and oxygen atoms in total. The number of hydrogen-bond acceptors (Lipinski definition) is 5. The Morgan fingerprint density at radius 1 is 1.08 bits per heavy atom. The first-order valence-corrected chi connectivity index (χ1v) is 7.27. The van der Waals surface area contributed by atoms with Crippen LogP contribution in [0.2, 0.25) is 0 Å². The zero-order chi connectivity index (χ0) is 17.4. The van der Waals surface area contributed by atoms with Crippen molar-refractivity contribution in [3.63, 3.8) is 0 Å². The molecule has 2 rings (SSSR count). The van der Waals surface area contributed by atoms with Gasteiger partial charge in [0.15, 0.2) is 0 Å². The smallest absolute Gasteiger partial charge is 0.375 e. The third kappa shape index (κ3) is 4.57. The number of nitrogens with zero attached hydrogens (tertiary/aromatic N) is 1. The molecular weight excluding hydrogens is 310 g/mol. The van der Waals surface area contributed by atoms with Gasteiger partial charge in [-0.2, -0.15) is 0 Å². The second-order valence-electron chi connectivity index (χ2n) is 4.62. The molecule has 0 saturated carbocycles. The Balaban J connectivity index is 2.29. The first-order valence-electron chi connectivity index (χ1n) is 7.27. The predicted octanol–water partition coefficient (Wildman–Crippen LogP) is 2.59. The normalized spacial score (nSPS) is 10.8. The van der Waals surface area contributed by atoms with Crippen molar-refractivity contribution in [3.8, 4) is 0 Å². The fourth-order valence-electron chi connectivity index (χ4n) is 1.85. The molecule has 0 spiro atoms. The number of ether oxygens (including phenoxy) is 1. The van der Waals surface area contributed by atoms with Crippen molar-refractivity contribution in [3.05, 3.63) is 60.2 Å². The van der Waals surface area contributed by atoms with Gasteiger partial charge < -0.3 is 9.84 Å². The van der Waals surface area contributed by atoms with Crippen LogP contribution in [0, 0.1) is 0 Å². The molecule has 0 heterocycles. The molecule has 0 bridgehead atoms. The second kappa shape index (κ2) is 8.33. The number of carboxylic acids is 1. The van der Waals surface area contributed by atoms with E-state index in [1.165, 1.54) is 12.1 Å². The molecule has 3 N–H and O–H groups in total. The van der Waals surface area contributed by atoms with E-state index in [9.17, 15) is 14.7 Å². The molecule has 0 aliphatic heterocycles. The summed E-state index contributed by atoms with van der Waals surface area (Å²) in [5.74, 6) is -1.97. The SMILES string of the molecule is CCOC(=O)C(=Nc1ccccc1C(=O)O)NNc1ccccc1. The molecule has 124 valence electrons. The lowest BCUT2D eigenvalue weighted by Gasteiger charge is -2.12. The summed E-state index contributed by atoms with van der Waals surface area (Å²) in [5.41, 5.74) is 6.34. The van der Waals surface area contributed by atoms with E-state index >= 15 is 0 Å². The van der Waals surface area contributed by atoms with E-state index in [2.05, 4.69) is 15.8 Å². The number of anilines is 1. The van der Waals surface area contributed by atoms with Crippen LogP contribution in [0.25, 0.3) is 0 Å². The Bertz CT molecular complexity index is 745. The van der Waals surface area contributed by atoms with Gasteiger partial charge in [-0.3, -0.25) is 10.9 Å². The molecule has 2 aromatic rings. The number of aliphatic imine (C=N–C) groups is 1. The summed E-state index contributed by atoms with van der Waals surface area (Å²) in [6.45, 7) is 1.84. The summed E-state index contributed by atoms with van der Waals surface area (Å²) < 4.78 is 4.95. The molecular formula is C17H17N3O4. The number of carbonyl (C=O) groups excluding carboxylic acids is 1. The third-order valence-corrected chi connectivity index (χ3v) is 2.93. The summed E-state index contributed by atoms with van der Waals surface area (Å²) in [6.07, 6.45) is 0. The van der Waals surface area contributed by atoms with Crippen LogP contribution in [-0.2, 0) is 9.53 Å². The van der Waals surface area contributed by atoms with Crippen LogP contribution in [0.3, 0.4) is 0 Å². The van der Waals surface area contributed by atoms with E-state index in [1.54, 1.807) is 31.2 Å². The summed E-state index contributed by atoms with van der Waals surface area (Å²) in [7, 11) is 0. The largest absolute Gasteiger partial charge is 0.478 e. The van der Waals surface area contributed by atoms with Crippen molar-refractivity contribution in [1.29, 1.82) is 0 Å². The van der Waals surface area contributed by atoms with E-state index in [1.807, 2.05) is 18.2 Å². The van der Waals surface area contributed by atoms with Crippen molar-refractivity contribution >= 4 is 29.1 Å². The number of para-hydroxylation sites is 2. The highest BCUT2D eigenvalue weighted by Gasteiger charge is 2.15. The lowest BCUT2D eigenvalue weighted by molar-refractivity contribution is -0.135. The Kier molecular flexibility index (Phi) is 5.90. The number of nitrogens with one attached hydrogen (secondary N) is 2. The van der Waals surface area contributed by atoms with Gasteiger partial charge in [0.2, 0.25) is 5.84 Å². The van der Waals surface area contributed by atoms with E-state index in [-0.39, 0.29) is 23.7 Å². The molecule has 0 aromatic heterocycles. The number of carbonyl (C=O) groups is 2. The van der Waals surface area contributed by atoms with Gasteiger partial charge in [0.1, 0.15) is 0 Å². The van der Waals surface area contributed by atoms with E-state index in [0.29, 0.717) is 5.69 Å². The number of esters is 1. The number of benzene rings is 2. The first kappa shape index (κ1) is 17.0. The lowest BCUT2D eigenvalue weighted by atomic mass is 10.2. The van der Waals surface area contributed by atoms with Gasteiger partial charge in [-0.05, 0) is 31.2 Å². The molecule has 0 unspecified atom stereocenters. The molecule has 0 radical (unpaired) electrons. The van der Waals surface area contributed by atoms with Gasteiger partial charge in [-0.25, -0.2) is 14.6 Å². The number of aromatic carboxylic acids is 1. The van der Waals surface area contributed by atoms with Crippen LogP contribution in [0.1, 0.15) is 17.3 Å². The zero-order valence-corrected chi connectivity index (χ0v) is 13.0. The molecule has 24 heavy (non-hydrogen) atoms. The van der Waals surface area contributed by atoms with Gasteiger partial charge in [0.25, 0.3) is 0 Å². The Labute approximate surface area is 139 Å². The Morgan fingerprint density at radius 3 is 2.42 bits per heavy atom. The quantitative estimate of drug-likeness (QED) is 0.338. The maximum atomic E-state index is 12.0. The Hall–Kier alpha value is -3.35. The zero-order valence-electron chi connectivity index (χ0n) is 13.0. The summed E-state index contributed by atoms with van der Waals surface area (Å²) in [4.78, 5) is 27.4. The van der Waals surface area contributed by atoms with Crippen molar-refractivity contribution in [2.24, 2.45) is 4.99 Å². The molecule has 2 aromatic carbocycles. The highest BCUT2D eigenvalue weighted by atomic mass is 16.5. The molecule has 0 fully saturated rings. The van der Waals surface area contributed by atoms with Gasteiger partial charge in [-0.1, -0.05) is 30.3 Å². The molecule has 0 aliphatic carbocycles. The number of rotatable bonds is 5. The van der Waals surface area contributed by atoms with E-state index < -0.39 is 11.9 Å². The third-order valence-electron chi connectivity index (χ3n) is 2.93. The number of amidine groups is 1. The maximum Gasteiger partial charge on any atom is 0.375 e. The monoisotopic (exact) mass is 327 g/mol. The predicted molar refractivity (Wildman–Crippen MR) is 90.3 cm³/mol. The van der Waals surface area contributed by atoms with Gasteiger partial charge in [-0.15, -0.1) is 0 Å². The highest BCUT2D eigenvalue weighted by Crippen LogP contribution is 2.18. The minimum atomic E-state index is -1.13. The second-order valence-corrected chi connectivity index (χ2v) is 4.62. The van der Waals surface area contributed by atoms with Crippen molar-refractivity contribution in [2.75, 3.05) is 12.0 Å². The van der Waals surface area contributed by atoms with Crippen LogP contribution < -0.4 is 10.9 Å². The number of hydrogen-bond donors (Lipinski definition) is 3. The first-order chi connectivity index (χ1) is 11.6. The van der Waals surface area contributed by atoms with Gasteiger partial charge in [0.05, 0.1) is 23.5 Å². The fraction of sp³-hybridized carbons (Fsp3) is 0.118. The lowest BCUT2D eigenvalue weighted by Crippen LogP contribution is -2.36. The van der Waals surface area contributed by atoms with Crippen LogP contribution in [0.5, 0.6) is 0 Å². The summed E-state index contributed by atoms with van der Waals surface area (Å²) in [6, 6.07) is 15.2. The Morgan fingerprint density at radius 2 is 1.75 bits per heavy atom. The van der Waals surface area contributed by atoms with Gasteiger partial charge >= 0.3 is 11.9 Å². The maximum absolute atomic E-state index is 12.0. The summed E-state index contributed by atoms with van der Waals surface area (Å²) in [5, 5.41) is 9.21. The average molecular weight is 327 g/mol. The van der Waals surface area contributed by atoms with Crippen molar-refractivity contribution in [2.45, 2.75) is 6.92 Å². The molecule has 0 saturated heterocycles. The molecule has 0 aliphatic rings. The van der Waals surface area contributed by atoms with Gasteiger partial charge in [0, 0.05) is 0 Å². The van der Waals surface area contributed by atoms with Crippen LogP contribution in [0.4, 0.5) is 11.4 Å². The molecule has 0 atom stereocenters. The summed E-state index contributed by atoms with van der Waals surface area (Å²) >= 11 is 0. The number of carboxylic acid groups (broad SMARTS) is 1. The van der Waals surface area contributed by atoms with Crippen molar-refractivity contribution < 1.29 is 19.4 Å². The van der Waals surface area contributed by atoms with Crippen LogP contribution in [0.15, 0.2) is 59.6 Å². The van der Waals surface area contributed by atoms with E-state index in [4.69, 9.17) is 4.74 Å². The minimum absolute atomic E-state index is 0.0131. The minimum Gasteiger partial charge on any atom is -0.478 e. The topological polar surface area (TPSA) is 100 Å². The molecule has 0 amide bonds. The highest BCUT2D eigenvalue weighted by molar-refractivity contribution is 6.36. The molecule has 7 heteroatoms. The fourth-order valence-corrected chi connectivity index (χ4v) is 1.85. The van der Waals surface area contributed by atoms with E-state index in [0.717, 1.165) is 0 Å². The number of hydrazine groups is 1. The standard InChI is InChI=1S/C17H17N3O4/c1-2-24-17(23)15(20-19-12-8-4-3-5-9-12)18-14-11-7-6-10-13(14)16(21)22/h3-11,19H,2H2,1H3,(H,18,20)(H,21,22).